The average Bonchev–Trinajstić information content (AvgIpc) is 2.97. The van der Waals surface area contributed by atoms with Crippen LogP contribution in [0.2, 0.25) is 0 Å². The van der Waals surface area contributed by atoms with E-state index in [0.717, 1.165) is 11.3 Å². The van der Waals surface area contributed by atoms with Gasteiger partial charge >= 0.3 is 0 Å². The van der Waals surface area contributed by atoms with Gasteiger partial charge in [-0.05, 0) is 48.4 Å². The number of sulfonamides is 1. The van der Waals surface area contributed by atoms with E-state index in [1.807, 2.05) is 31.2 Å². The van der Waals surface area contributed by atoms with Crippen LogP contribution in [0.4, 0.5) is 11.4 Å². The molecule has 2 aromatic rings. The molecule has 0 bridgehead atoms. The van der Waals surface area contributed by atoms with E-state index in [1.54, 1.807) is 6.07 Å². The van der Waals surface area contributed by atoms with Gasteiger partial charge in [-0.25, -0.2) is 13.1 Å². The van der Waals surface area contributed by atoms with Crippen LogP contribution < -0.4 is 14.9 Å². The maximum Gasteiger partial charge on any atom is 0.240 e. The molecule has 0 saturated heterocycles. The second kappa shape index (κ2) is 7.50. The molecule has 1 aliphatic heterocycles. The van der Waals surface area contributed by atoms with Gasteiger partial charge in [-0.2, -0.15) is 0 Å². The van der Waals surface area contributed by atoms with Gasteiger partial charge in [-0.3, -0.25) is 9.59 Å². The summed E-state index contributed by atoms with van der Waals surface area (Å²) in [6.07, 6.45) is 0.171. The Kier molecular flexibility index (Phi) is 5.29. The van der Waals surface area contributed by atoms with E-state index in [9.17, 15) is 18.0 Å². The lowest BCUT2D eigenvalue weighted by Crippen LogP contribution is -2.37. The lowest BCUT2D eigenvalue weighted by Gasteiger charge is -2.22. The Morgan fingerprint density at radius 2 is 2.00 bits per heavy atom. The summed E-state index contributed by atoms with van der Waals surface area (Å²) in [6.45, 7) is 3.66. The zero-order valence-electron chi connectivity index (χ0n) is 15.2. The Hall–Kier alpha value is -2.71. The summed E-state index contributed by atoms with van der Waals surface area (Å²) in [5.74, 6) is -0.315. The van der Waals surface area contributed by atoms with Crippen molar-refractivity contribution in [3.8, 4) is 0 Å². The maximum absolute atomic E-state index is 12.5. The van der Waals surface area contributed by atoms with Gasteiger partial charge in [0.25, 0.3) is 0 Å². The van der Waals surface area contributed by atoms with Gasteiger partial charge in [0, 0.05) is 31.4 Å². The van der Waals surface area contributed by atoms with Crippen molar-refractivity contribution in [2.45, 2.75) is 25.2 Å². The Morgan fingerprint density at radius 3 is 2.70 bits per heavy atom. The third-order valence-corrected chi connectivity index (χ3v) is 5.79. The van der Waals surface area contributed by atoms with Gasteiger partial charge in [0.2, 0.25) is 21.8 Å². The Bertz CT molecular complexity index is 1000. The second-order valence-electron chi connectivity index (χ2n) is 6.45. The quantitative estimate of drug-likeness (QED) is 0.790. The summed E-state index contributed by atoms with van der Waals surface area (Å²) in [5, 5.41) is 2.67. The molecule has 0 radical (unpaired) electrons. The molecule has 0 spiro atoms. The third kappa shape index (κ3) is 4.35. The molecule has 1 aliphatic rings. The number of nitrogens with zero attached hydrogens (tertiary/aromatic N) is 1. The maximum atomic E-state index is 12.5. The lowest BCUT2D eigenvalue weighted by molar-refractivity contribution is -0.116. The molecule has 27 heavy (non-hydrogen) atoms. The summed E-state index contributed by atoms with van der Waals surface area (Å²) in [6, 6.07) is 12.0. The van der Waals surface area contributed by atoms with Crippen LogP contribution in [0.3, 0.4) is 0 Å². The van der Waals surface area contributed by atoms with E-state index < -0.39 is 10.0 Å². The SMILES string of the molecule is CC(=O)N(CCNS(=O)(=O)c1ccc2c(c1)CC(=O)N2)c1cccc(C)c1. The van der Waals surface area contributed by atoms with Crippen molar-refractivity contribution in [2.75, 3.05) is 23.3 Å². The van der Waals surface area contributed by atoms with E-state index in [-0.39, 0.29) is 36.2 Å². The van der Waals surface area contributed by atoms with Crippen molar-refractivity contribution < 1.29 is 18.0 Å². The summed E-state index contributed by atoms with van der Waals surface area (Å²) in [5.41, 5.74) is 3.04. The molecule has 2 aromatic carbocycles. The van der Waals surface area contributed by atoms with Crippen molar-refractivity contribution in [2.24, 2.45) is 0 Å². The van der Waals surface area contributed by atoms with Crippen molar-refractivity contribution in [1.29, 1.82) is 0 Å². The van der Waals surface area contributed by atoms with Gasteiger partial charge in [0.1, 0.15) is 0 Å². The topological polar surface area (TPSA) is 95.6 Å². The number of benzene rings is 2. The first-order valence-electron chi connectivity index (χ1n) is 8.53. The highest BCUT2D eigenvalue weighted by molar-refractivity contribution is 7.89. The molecule has 142 valence electrons. The average molecular weight is 387 g/mol. The minimum atomic E-state index is -3.74. The van der Waals surface area contributed by atoms with Crippen LogP contribution in [0.5, 0.6) is 0 Å². The predicted octanol–water partition coefficient (Wildman–Crippen LogP) is 1.82. The molecule has 0 saturated carbocycles. The van der Waals surface area contributed by atoms with Gasteiger partial charge in [-0.15, -0.1) is 0 Å². The molecular formula is C19H21N3O4S. The largest absolute Gasteiger partial charge is 0.326 e. The van der Waals surface area contributed by atoms with E-state index in [4.69, 9.17) is 0 Å². The summed E-state index contributed by atoms with van der Waals surface area (Å²) in [4.78, 5) is 25.0. The molecule has 8 heteroatoms. The van der Waals surface area contributed by atoms with E-state index in [1.165, 1.54) is 24.0 Å². The summed E-state index contributed by atoms with van der Waals surface area (Å²) >= 11 is 0. The van der Waals surface area contributed by atoms with Gasteiger partial charge < -0.3 is 10.2 Å². The van der Waals surface area contributed by atoms with Crippen LogP contribution in [-0.4, -0.2) is 33.3 Å². The number of nitrogens with one attached hydrogen (secondary N) is 2. The smallest absolute Gasteiger partial charge is 0.240 e. The number of aryl methyl sites for hydroxylation is 1. The van der Waals surface area contributed by atoms with E-state index in [2.05, 4.69) is 10.0 Å². The number of hydrogen-bond acceptors (Lipinski definition) is 4. The molecule has 0 aliphatic carbocycles. The van der Waals surface area contributed by atoms with Crippen LogP contribution in [0.15, 0.2) is 47.4 Å². The van der Waals surface area contributed by atoms with Crippen LogP contribution in [0.1, 0.15) is 18.1 Å². The minimum absolute atomic E-state index is 0.0735. The monoisotopic (exact) mass is 387 g/mol. The molecule has 7 nitrogen and oxygen atoms in total. The number of carbonyl (C=O) groups is 2. The molecular weight excluding hydrogens is 366 g/mol. The molecule has 0 atom stereocenters. The molecule has 1 heterocycles. The van der Waals surface area contributed by atoms with E-state index >= 15 is 0 Å². The molecule has 2 amide bonds. The number of carbonyl (C=O) groups excluding carboxylic acids is 2. The minimum Gasteiger partial charge on any atom is -0.326 e. The zero-order valence-corrected chi connectivity index (χ0v) is 16.0. The fourth-order valence-electron chi connectivity index (χ4n) is 3.01. The van der Waals surface area contributed by atoms with Gasteiger partial charge in [0.05, 0.1) is 11.3 Å². The third-order valence-electron chi connectivity index (χ3n) is 4.33. The lowest BCUT2D eigenvalue weighted by atomic mass is 10.2. The fraction of sp³-hybridized carbons (Fsp3) is 0.263. The van der Waals surface area contributed by atoms with Gasteiger partial charge in [-0.1, -0.05) is 12.1 Å². The normalized spacial score (nSPS) is 13.2. The molecule has 0 unspecified atom stereocenters. The Morgan fingerprint density at radius 1 is 1.22 bits per heavy atom. The number of rotatable bonds is 6. The first kappa shape index (κ1) is 19.1. The standard InChI is InChI=1S/C19H21N3O4S/c1-13-4-3-5-16(10-13)22(14(2)23)9-8-20-27(25,26)17-6-7-18-15(11-17)12-19(24)21-18/h3-7,10-11,20H,8-9,12H2,1-2H3,(H,21,24). The molecule has 3 rings (SSSR count). The Balaban J connectivity index is 1.69. The second-order valence-corrected chi connectivity index (χ2v) is 8.22. The highest BCUT2D eigenvalue weighted by Crippen LogP contribution is 2.25. The first-order chi connectivity index (χ1) is 12.8. The summed E-state index contributed by atoms with van der Waals surface area (Å²) in [7, 11) is -3.74. The predicted molar refractivity (Wildman–Crippen MR) is 103 cm³/mol. The van der Waals surface area contributed by atoms with E-state index in [0.29, 0.717) is 11.3 Å². The highest BCUT2D eigenvalue weighted by Gasteiger charge is 2.22. The molecule has 0 aromatic heterocycles. The van der Waals surface area contributed by atoms with Crippen LogP contribution in [0.25, 0.3) is 0 Å². The zero-order chi connectivity index (χ0) is 19.6. The molecule has 2 N–H and O–H groups in total. The highest BCUT2D eigenvalue weighted by atomic mass is 32.2. The number of amides is 2. The van der Waals surface area contributed by atoms with Crippen molar-refractivity contribution in [1.82, 2.24) is 4.72 Å². The summed E-state index contributed by atoms with van der Waals surface area (Å²) < 4.78 is 27.6. The number of fused-ring (bicyclic) bond motifs is 1. The van der Waals surface area contributed by atoms with Crippen LogP contribution >= 0.6 is 0 Å². The molecule has 0 fully saturated rings. The van der Waals surface area contributed by atoms with Gasteiger partial charge in [0.15, 0.2) is 0 Å². The van der Waals surface area contributed by atoms with Crippen molar-refractivity contribution in [3.63, 3.8) is 0 Å². The number of hydrogen-bond donors (Lipinski definition) is 2. The fourth-order valence-corrected chi connectivity index (χ4v) is 4.08. The van der Waals surface area contributed by atoms with Crippen LogP contribution in [0, 0.1) is 6.92 Å². The van der Waals surface area contributed by atoms with Crippen molar-refractivity contribution in [3.05, 3.63) is 53.6 Å². The first-order valence-corrected chi connectivity index (χ1v) is 10.0. The Labute approximate surface area is 158 Å². The van der Waals surface area contributed by atoms with Crippen molar-refractivity contribution >= 4 is 33.2 Å². The number of anilines is 2. The van der Waals surface area contributed by atoms with Crippen LogP contribution in [-0.2, 0) is 26.0 Å².